The van der Waals surface area contributed by atoms with Gasteiger partial charge in [0.05, 0.1) is 10.2 Å². The van der Waals surface area contributed by atoms with Crippen molar-refractivity contribution in [2.24, 2.45) is 5.73 Å². The molecule has 0 bridgehead atoms. The molecule has 1 aromatic rings. The Hall–Kier alpha value is -1.14. The van der Waals surface area contributed by atoms with Crippen LogP contribution in [0.25, 0.3) is 0 Å². The summed E-state index contributed by atoms with van der Waals surface area (Å²) in [4.78, 5) is 4.50. The molecule has 116 valence electrons. The Morgan fingerprint density at radius 3 is 2.52 bits per heavy atom. The second-order valence-corrected chi connectivity index (χ2v) is 6.25. The van der Waals surface area contributed by atoms with Gasteiger partial charge in [0.2, 0.25) is 0 Å². The van der Waals surface area contributed by atoms with Crippen molar-refractivity contribution in [2.45, 2.75) is 26.3 Å². The Balaban J connectivity index is 2.14. The second kappa shape index (κ2) is 6.75. The van der Waals surface area contributed by atoms with E-state index in [0.29, 0.717) is 17.3 Å². The minimum absolute atomic E-state index is 0.131. The Bertz CT molecular complexity index is 527. The van der Waals surface area contributed by atoms with Crippen LogP contribution in [-0.2, 0) is 0 Å². The van der Waals surface area contributed by atoms with Crippen LogP contribution in [0.3, 0.4) is 0 Å². The summed E-state index contributed by atoms with van der Waals surface area (Å²) >= 11 is 3.21. The fourth-order valence-electron chi connectivity index (χ4n) is 2.65. The first-order valence-corrected chi connectivity index (χ1v) is 8.06. The van der Waals surface area contributed by atoms with E-state index in [4.69, 9.17) is 11.1 Å². The number of amidine groups is 1. The van der Waals surface area contributed by atoms with Crippen molar-refractivity contribution < 1.29 is 4.39 Å². The molecule has 21 heavy (non-hydrogen) atoms. The molecule has 1 saturated heterocycles. The standard InChI is InChI=1S/C15H22BrFN4/c1-3-10(2)20-6-8-21(9-7-20)12-5-4-11(15(18)19)13(16)14(12)17/h4-5,10H,3,6-9H2,1-2H3,(H3,18,19). The van der Waals surface area contributed by atoms with Crippen LogP contribution in [0.4, 0.5) is 10.1 Å². The Morgan fingerprint density at radius 2 is 2.00 bits per heavy atom. The molecule has 0 spiro atoms. The average molecular weight is 357 g/mol. The van der Waals surface area contributed by atoms with E-state index in [0.717, 1.165) is 32.6 Å². The lowest BCUT2D eigenvalue weighted by Gasteiger charge is -2.39. The number of nitrogens with zero attached hydrogens (tertiary/aromatic N) is 2. The van der Waals surface area contributed by atoms with Gasteiger partial charge in [-0.1, -0.05) is 6.92 Å². The van der Waals surface area contributed by atoms with E-state index >= 15 is 0 Å². The van der Waals surface area contributed by atoms with Gasteiger partial charge in [-0.15, -0.1) is 0 Å². The van der Waals surface area contributed by atoms with Crippen LogP contribution in [-0.4, -0.2) is 43.0 Å². The highest BCUT2D eigenvalue weighted by molar-refractivity contribution is 9.10. The molecule has 1 aliphatic rings. The topological polar surface area (TPSA) is 56.4 Å². The van der Waals surface area contributed by atoms with Gasteiger partial charge in [0, 0.05) is 37.8 Å². The van der Waals surface area contributed by atoms with Crippen LogP contribution < -0.4 is 10.6 Å². The fraction of sp³-hybridized carbons (Fsp3) is 0.533. The predicted molar refractivity (Wildman–Crippen MR) is 88.7 cm³/mol. The van der Waals surface area contributed by atoms with Gasteiger partial charge in [0.15, 0.2) is 5.82 Å². The molecule has 0 saturated carbocycles. The number of nitrogens with one attached hydrogen (secondary N) is 1. The van der Waals surface area contributed by atoms with Gasteiger partial charge in [-0.3, -0.25) is 10.3 Å². The van der Waals surface area contributed by atoms with Crippen LogP contribution in [0.1, 0.15) is 25.8 Å². The number of anilines is 1. The van der Waals surface area contributed by atoms with Crippen molar-refractivity contribution in [3.63, 3.8) is 0 Å². The highest BCUT2D eigenvalue weighted by Crippen LogP contribution is 2.30. The number of piperazine rings is 1. The van der Waals surface area contributed by atoms with E-state index in [9.17, 15) is 4.39 Å². The molecule has 3 N–H and O–H groups in total. The first-order valence-electron chi connectivity index (χ1n) is 7.27. The second-order valence-electron chi connectivity index (χ2n) is 5.45. The van der Waals surface area contributed by atoms with Crippen molar-refractivity contribution in [1.82, 2.24) is 4.90 Å². The monoisotopic (exact) mass is 356 g/mol. The predicted octanol–water partition coefficient (Wildman–Crippen LogP) is 2.79. The number of nitrogen functional groups attached to an aromatic ring is 1. The summed E-state index contributed by atoms with van der Waals surface area (Å²) in [5.74, 6) is -0.464. The lowest BCUT2D eigenvalue weighted by molar-refractivity contribution is 0.192. The summed E-state index contributed by atoms with van der Waals surface area (Å²) in [6, 6.07) is 3.99. The average Bonchev–Trinajstić information content (AvgIpc) is 2.49. The molecule has 0 amide bonds. The highest BCUT2D eigenvalue weighted by Gasteiger charge is 2.23. The summed E-state index contributed by atoms with van der Waals surface area (Å²) in [7, 11) is 0. The zero-order chi connectivity index (χ0) is 15.6. The minimum atomic E-state index is -0.334. The van der Waals surface area contributed by atoms with Crippen LogP contribution in [0.2, 0.25) is 0 Å². The van der Waals surface area contributed by atoms with Crippen LogP contribution in [0.15, 0.2) is 16.6 Å². The summed E-state index contributed by atoms with van der Waals surface area (Å²) in [5, 5.41) is 7.44. The molecular formula is C15H22BrFN4. The molecule has 0 radical (unpaired) electrons. The zero-order valence-electron chi connectivity index (χ0n) is 12.5. The molecule has 1 aliphatic heterocycles. The Morgan fingerprint density at radius 1 is 1.38 bits per heavy atom. The van der Waals surface area contributed by atoms with Gasteiger partial charge >= 0.3 is 0 Å². The first kappa shape index (κ1) is 16.2. The lowest BCUT2D eigenvalue weighted by Crippen LogP contribution is -2.49. The molecule has 1 fully saturated rings. The largest absolute Gasteiger partial charge is 0.384 e. The van der Waals surface area contributed by atoms with Crippen molar-refractivity contribution in [2.75, 3.05) is 31.1 Å². The van der Waals surface area contributed by atoms with E-state index in [-0.39, 0.29) is 16.1 Å². The minimum Gasteiger partial charge on any atom is -0.384 e. The van der Waals surface area contributed by atoms with Gasteiger partial charge in [-0.05, 0) is 41.4 Å². The quantitative estimate of drug-likeness (QED) is 0.644. The third kappa shape index (κ3) is 3.37. The molecule has 1 aromatic carbocycles. The number of halogens is 2. The molecule has 2 rings (SSSR count). The van der Waals surface area contributed by atoms with Gasteiger partial charge in [-0.25, -0.2) is 4.39 Å². The van der Waals surface area contributed by atoms with Crippen molar-refractivity contribution >= 4 is 27.5 Å². The summed E-state index contributed by atoms with van der Waals surface area (Å²) in [6.45, 7) is 7.93. The summed E-state index contributed by atoms with van der Waals surface area (Å²) in [5.41, 5.74) is 6.42. The van der Waals surface area contributed by atoms with E-state index in [1.165, 1.54) is 0 Å². The lowest BCUT2D eigenvalue weighted by atomic mass is 10.1. The Kier molecular flexibility index (Phi) is 5.22. The molecule has 1 atom stereocenters. The van der Waals surface area contributed by atoms with Gasteiger partial charge in [-0.2, -0.15) is 0 Å². The summed E-state index contributed by atoms with van der Waals surface area (Å²) < 4.78 is 14.7. The van der Waals surface area contributed by atoms with Gasteiger partial charge in [0.1, 0.15) is 5.84 Å². The number of hydrogen-bond acceptors (Lipinski definition) is 3. The molecule has 6 heteroatoms. The maximum Gasteiger partial charge on any atom is 0.161 e. The van der Waals surface area contributed by atoms with Crippen LogP contribution >= 0.6 is 15.9 Å². The van der Waals surface area contributed by atoms with E-state index in [1.54, 1.807) is 12.1 Å². The normalized spacial score (nSPS) is 17.8. The van der Waals surface area contributed by atoms with E-state index in [1.807, 2.05) is 0 Å². The maximum atomic E-state index is 14.5. The van der Waals surface area contributed by atoms with Crippen molar-refractivity contribution in [1.29, 1.82) is 5.41 Å². The van der Waals surface area contributed by atoms with E-state index < -0.39 is 0 Å². The van der Waals surface area contributed by atoms with Crippen molar-refractivity contribution in [3.8, 4) is 0 Å². The Labute approximate surface area is 133 Å². The number of nitrogens with two attached hydrogens (primary N) is 1. The third-order valence-corrected chi connectivity index (χ3v) is 5.00. The zero-order valence-corrected chi connectivity index (χ0v) is 14.1. The highest BCUT2D eigenvalue weighted by atomic mass is 79.9. The molecular weight excluding hydrogens is 335 g/mol. The first-order chi connectivity index (χ1) is 9.95. The van der Waals surface area contributed by atoms with Crippen LogP contribution in [0, 0.1) is 11.2 Å². The SMILES string of the molecule is CCC(C)N1CCN(c2ccc(C(=N)N)c(Br)c2F)CC1. The van der Waals surface area contributed by atoms with E-state index in [2.05, 4.69) is 39.6 Å². The molecule has 0 aliphatic carbocycles. The molecule has 1 heterocycles. The number of rotatable bonds is 4. The molecule has 0 aromatic heterocycles. The number of benzene rings is 1. The third-order valence-electron chi connectivity index (χ3n) is 4.22. The fourth-order valence-corrected chi connectivity index (χ4v) is 3.20. The van der Waals surface area contributed by atoms with Crippen LogP contribution in [0.5, 0.6) is 0 Å². The summed E-state index contributed by atoms with van der Waals surface area (Å²) in [6.07, 6.45) is 1.13. The number of hydrogen-bond donors (Lipinski definition) is 2. The van der Waals surface area contributed by atoms with Gasteiger partial charge < -0.3 is 10.6 Å². The van der Waals surface area contributed by atoms with Gasteiger partial charge in [0.25, 0.3) is 0 Å². The molecule has 1 unspecified atom stereocenters. The van der Waals surface area contributed by atoms with Crippen molar-refractivity contribution in [3.05, 3.63) is 28.0 Å². The smallest absolute Gasteiger partial charge is 0.161 e. The molecule has 4 nitrogen and oxygen atoms in total. The maximum absolute atomic E-state index is 14.5.